The fourth-order valence-electron chi connectivity index (χ4n) is 1.71. The molecule has 1 aromatic heterocycles. The van der Waals surface area contributed by atoms with Crippen LogP contribution in [-0.4, -0.2) is 33.9 Å². The summed E-state index contributed by atoms with van der Waals surface area (Å²) in [6.07, 6.45) is 5.98. The van der Waals surface area contributed by atoms with E-state index in [0.717, 1.165) is 31.4 Å². The van der Waals surface area contributed by atoms with Crippen molar-refractivity contribution in [3.8, 4) is 0 Å². The minimum atomic E-state index is -0.473. The lowest BCUT2D eigenvalue weighted by atomic mass is 10.0. The van der Waals surface area contributed by atoms with Gasteiger partial charge < -0.3 is 15.7 Å². The molecule has 0 bridgehead atoms. The summed E-state index contributed by atoms with van der Waals surface area (Å²) >= 11 is 5.23. The van der Waals surface area contributed by atoms with E-state index in [4.69, 9.17) is 12.2 Å². The monoisotopic (exact) mass is 281 g/mol. The van der Waals surface area contributed by atoms with Crippen LogP contribution in [0.4, 0.5) is 0 Å². The summed E-state index contributed by atoms with van der Waals surface area (Å²) in [5.41, 5.74) is 1.13. The molecule has 1 rings (SSSR count). The number of rotatable bonds is 7. The Bertz CT molecular complexity index is 370. The summed E-state index contributed by atoms with van der Waals surface area (Å²) in [7, 11) is 0. The first-order valence-electron chi connectivity index (χ1n) is 6.74. The van der Waals surface area contributed by atoms with Crippen LogP contribution in [0.5, 0.6) is 0 Å². The van der Waals surface area contributed by atoms with Crippen LogP contribution in [0.1, 0.15) is 32.3 Å². The number of aliphatic hydroxyl groups excluding tert-OH is 1. The number of unbranched alkanes of at least 4 members (excludes halogenated alkanes) is 1. The van der Waals surface area contributed by atoms with E-state index in [9.17, 15) is 5.11 Å². The van der Waals surface area contributed by atoms with Crippen molar-refractivity contribution in [2.75, 3.05) is 6.54 Å². The van der Waals surface area contributed by atoms with Crippen molar-refractivity contribution in [3.05, 3.63) is 30.1 Å². The van der Waals surface area contributed by atoms with Crippen molar-refractivity contribution in [3.63, 3.8) is 0 Å². The Hall–Kier alpha value is -1.20. The number of aromatic nitrogens is 1. The van der Waals surface area contributed by atoms with Crippen molar-refractivity contribution >= 4 is 17.3 Å². The van der Waals surface area contributed by atoms with E-state index in [-0.39, 0.29) is 6.04 Å². The smallest absolute Gasteiger partial charge is 0.166 e. The quantitative estimate of drug-likeness (QED) is 0.524. The van der Waals surface area contributed by atoms with E-state index < -0.39 is 6.10 Å². The van der Waals surface area contributed by atoms with E-state index in [1.54, 1.807) is 19.3 Å². The van der Waals surface area contributed by atoms with Crippen molar-refractivity contribution < 1.29 is 5.11 Å². The molecule has 0 aliphatic heterocycles. The fourth-order valence-corrected chi connectivity index (χ4v) is 1.97. The molecule has 1 unspecified atom stereocenters. The van der Waals surface area contributed by atoms with Gasteiger partial charge in [0.15, 0.2) is 5.11 Å². The number of pyridine rings is 1. The van der Waals surface area contributed by atoms with Crippen LogP contribution in [0.2, 0.25) is 0 Å². The van der Waals surface area contributed by atoms with Crippen LogP contribution in [0.15, 0.2) is 24.5 Å². The van der Waals surface area contributed by atoms with E-state index >= 15 is 0 Å². The lowest BCUT2D eigenvalue weighted by Crippen LogP contribution is -2.48. The molecule has 0 fully saturated rings. The minimum Gasteiger partial charge on any atom is -0.391 e. The van der Waals surface area contributed by atoms with Crippen LogP contribution in [0.25, 0.3) is 0 Å². The average molecular weight is 281 g/mol. The minimum absolute atomic E-state index is 0.0935. The molecule has 3 N–H and O–H groups in total. The molecule has 1 heterocycles. The topological polar surface area (TPSA) is 57.2 Å². The zero-order valence-corrected chi connectivity index (χ0v) is 12.4. The Morgan fingerprint density at radius 1 is 1.42 bits per heavy atom. The molecule has 5 heteroatoms. The maximum Gasteiger partial charge on any atom is 0.166 e. The molecule has 106 valence electrons. The molecule has 0 aliphatic carbocycles. The van der Waals surface area contributed by atoms with Crippen LogP contribution < -0.4 is 10.6 Å². The normalized spacial score (nSPS) is 13.6. The molecular weight excluding hydrogens is 258 g/mol. The highest BCUT2D eigenvalue weighted by atomic mass is 32.1. The lowest BCUT2D eigenvalue weighted by Gasteiger charge is -2.23. The fraction of sp³-hybridized carbons (Fsp3) is 0.571. The predicted octanol–water partition coefficient (Wildman–Crippen LogP) is 1.64. The van der Waals surface area contributed by atoms with Crippen molar-refractivity contribution in [1.82, 2.24) is 15.6 Å². The van der Waals surface area contributed by atoms with Gasteiger partial charge in [-0.2, -0.15) is 0 Å². The SMILES string of the molecule is CCCCNC(=S)N[C@H](Cc1ccncc1)C(C)O. The molecule has 0 saturated carbocycles. The first-order chi connectivity index (χ1) is 9.13. The number of nitrogens with one attached hydrogen (secondary N) is 2. The van der Waals surface area contributed by atoms with Gasteiger partial charge in [-0.25, -0.2) is 0 Å². The third kappa shape index (κ3) is 6.50. The zero-order valence-electron chi connectivity index (χ0n) is 11.6. The van der Waals surface area contributed by atoms with Gasteiger partial charge in [0.1, 0.15) is 0 Å². The Kier molecular flexibility index (Phi) is 7.36. The third-order valence-corrected chi connectivity index (χ3v) is 3.18. The van der Waals surface area contributed by atoms with E-state index in [0.29, 0.717) is 5.11 Å². The molecule has 4 nitrogen and oxygen atoms in total. The maximum absolute atomic E-state index is 9.83. The van der Waals surface area contributed by atoms with Gasteiger partial charge in [0.2, 0.25) is 0 Å². The second-order valence-electron chi connectivity index (χ2n) is 4.66. The zero-order chi connectivity index (χ0) is 14.1. The van der Waals surface area contributed by atoms with Crippen LogP contribution >= 0.6 is 12.2 Å². The molecule has 0 radical (unpaired) electrons. The molecular formula is C14H23N3OS. The van der Waals surface area contributed by atoms with E-state index in [1.807, 2.05) is 12.1 Å². The number of aliphatic hydroxyl groups is 1. The summed E-state index contributed by atoms with van der Waals surface area (Å²) in [5, 5.41) is 16.8. The largest absolute Gasteiger partial charge is 0.391 e. The van der Waals surface area contributed by atoms with Gasteiger partial charge in [-0.3, -0.25) is 4.98 Å². The van der Waals surface area contributed by atoms with Crippen LogP contribution in [0.3, 0.4) is 0 Å². The Morgan fingerprint density at radius 3 is 2.68 bits per heavy atom. The second-order valence-corrected chi connectivity index (χ2v) is 5.07. The molecule has 2 atom stereocenters. The molecule has 1 aromatic rings. The maximum atomic E-state index is 9.83. The van der Waals surface area contributed by atoms with Gasteiger partial charge in [0, 0.05) is 18.9 Å². The number of thiocarbonyl (C=S) groups is 1. The number of hydrogen-bond acceptors (Lipinski definition) is 3. The van der Waals surface area contributed by atoms with Gasteiger partial charge >= 0.3 is 0 Å². The summed E-state index contributed by atoms with van der Waals surface area (Å²) in [6.45, 7) is 4.78. The molecule has 0 saturated heterocycles. The van der Waals surface area contributed by atoms with Crippen molar-refractivity contribution in [1.29, 1.82) is 0 Å². The molecule has 0 aromatic carbocycles. The predicted molar refractivity (Wildman–Crippen MR) is 82.1 cm³/mol. The Balaban J connectivity index is 2.47. The van der Waals surface area contributed by atoms with Gasteiger partial charge in [-0.05, 0) is 49.7 Å². The first-order valence-corrected chi connectivity index (χ1v) is 7.15. The van der Waals surface area contributed by atoms with Crippen LogP contribution in [0, 0.1) is 0 Å². The van der Waals surface area contributed by atoms with E-state index in [2.05, 4.69) is 22.5 Å². The highest BCUT2D eigenvalue weighted by molar-refractivity contribution is 7.80. The lowest BCUT2D eigenvalue weighted by molar-refractivity contribution is 0.154. The molecule has 0 spiro atoms. The molecule has 0 aliphatic rings. The van der Waals surface area contributed by atoms with Crippen LogP contribution in [-0.2, 0) is 6.42 Å². The standard InChI is InChI=1S/C14H23N3OS/c1-3-4-7-16-14(19)17-13(11(2)18)10-12-5-8-15-9-6-12/h5-6,8-9,11,13,18H,3-4,7,10H2,1-2H3,(H2,16,17,19)/t11?,13-/m1/s1. The average Bonchev–Trinajstić information content (AvgIpc) is 2.39. The van der Waals surface area contributed by atoms with Gasteiger partial charge in [-0.15, -0.1) is 0 Å². The summed E-state index contributed by atoms with van der Waals surface area (Å²) in [6, 6.07) is 3.80. The Labute approximate surface area is 120 Å². The molecule has 19 heavy (non-hydrogen) atoms. The van der Waals surface area contributed by atoms with Gasteiger partial charge in [0.05, 0.1) is 12.1 Å². The highest BCUT2D eigenvalue weighted by Gasteiger charge is 2.16. The van der Waals surface area contributed by atoms with Gasteiger partial charge in [-0.1, -0.05) is 13.3 Å². The number of hydrogen-bond donors (Lipinski definition) is 3. The summed E-state index contributed by atoms with van der Waals surface area (Å²) in [4.78, 5) is 3.99. The Morgan fingerprint density at radius 2 is 2.11 bits per heavy atom. The first kappa shape index (κ1) is 15.9. The summed E-state index contributed by atoms with van der Waals surface area (Å²) in [5.74, 6) is 0. The number of nitrogens with zero attached hydrogens (tertiary/aromatic N) is 1. The van der Waals surface area contributed by atoms with Gasteiger partial charge in [0.25, 0.3) is 0 Å². The second kappa shape index (κ2) is 8.82. The highest BCUT2D eigenvalue weighted by Crippen LogP contribution is 2.05. The van der Waals surface area contributed by atoms with Crippen molar-refractivity contribution in [2.45, 2.75) is 45.3 Å². The summed E-state index contributed by atoms with van der Waals surface area (Å²) < 4.78 is 0. The third-order valence-electron chi connectivity index (χ3n) is 2.92. The molecule has 0 amide bonds. The van der Waals surface area contributed by atoms with Crippen molar-refractivity contribution in [2.24, 2.45) is 0 Å². The van der Waals surface area contributed by atoms with E-state index in [1.165, 1.54) is 0 Å².